The molecule has 0 amide bonds. The van der Waals surface area contributed by atoms with Crippen LogP contribution in [0.4, 0.5) is 0 Å². The number of carbonyl (C=O) groups is 2. The average molecular weight is 246 g/mol. The first-order valence-corrected chi connectivity index (χ1v) is 6.06. The topological polar surface area (TPSA) is 85.8 Å². The third-order valence-corrected chi connectivity index (χ3v) is 2.86. The van der Waals surface area contributed by atoms with Gasteiger partial charge in [-0.25, -0.2) is 0 Å². The van der Waals surface area contributed by atoms with Gasteiger partial charge >= 0.3 is 5.97 Å². The van der Waals surface area contributed by atoms with Crippen LogP contribution in [0.1, 0.15) is 13.3 Å². The molecule has 1 fully saturated rings. The van der Waals surface area contributed by atoms with E-state index in [0.717, 1.165) is 13.1 Å². The molecule has 2 atom stereocenters. The molecule has 0 radical (unpaired) electrons. The molecule has 0 aromatic rings. The van der Waals surface area contributed by atoms with Crippen molar-refractivity contribution in [3.63, 3.8) is 0 Å². The molecule has 0 aliphatic carbocycles. The number of esters is 1. The molecular formula is C11H22N2O4+2. The van der Waals surface area contributed by atoms with Crippen LogP contribution in [0.25, 0.3) is 0 Å². The Hall–Kier alpha value is -0.980. The third kappa shape index (κ3) is 4.07. The number of quaternary nitrogens is 2. The first-order chi connectivity index (χ1) is 8.20. The highest BCUT2D eigenvalue weighted by Crippen LogP contribution is 2.08. The summed E-state index contributed by atoms with van der Waals surface area (Å²) in [6, 6.07) is 0. The van der Waals surface area contributed by atoms with E-state index in [4.69, 9.17) is 9.47 Å². The Morgan fingerprint density at radius 1 is 1.59 bits per heavy atom. The Morgan fingerprint density at radius 2 is 2.35 bits per heavy atom. The highest BCUT2D eigenvalue weighted by Gasteiger charge is 2.41. The minimum absolute atomic E-state index is 0.0363. The summed E-state index contributed by atoms with van der Waals surface area (Å²) in [5, 5.41) is 3.88. The van der Waals surface area contributed by atoms with E-state index in [1.807, 2.05) is 10.6 Å². The van der Waals surface area contributed by atoms with Gasteiger partial charge in [0.05, 0.1) is 19.8 Å². The molecule has 6 nitrogen and oxygen atoms in total. The zero-order valence-electron chi connectivity index (χ0n) is 10.5. The normalized spacial score (nSPS) is 24.7. The van der Waals surface area contributed by atoms with Gasteiger partial charge in [-0.1, -0.05) is 0 Å². The zero-order valence-corrected chi connectivity index (χ0v) is 10.5. The molecule has 0 bridgehead atoms. The molecule has 0 aromatic carbocycles. The third-order valence-electron chi connectivity index (χ3n) is 2.86. The number of hydrogen-bond acceptors (Lipinski definition) is 4. The van der Waals surface area contributed by atoms with Crippen LogP contribution in [-0.2, 0) is 19.1 Å². The largest absolute Gasteiger partial charge is 0.465 e. The lowest BCUT2D eigenvalue weighted by atomic mass is 9.94. The maximum Gasteiger partial charge on any atom is 0.317 e. The number of rotatable bonds is 6. The summed E-state index contributed by atoms with van der Waals surface area (Å²) in [6.07, 6.45) is 0.347. The number of ketones is 1. The fraction of sp³-hybridized carbons (Fsp3) is 0.818. The van der Waals surface area contributed by atoms with Crippen molar-refractivity contribution in [2.75, 3.05) is 33.4 Å². The molecule has 0 saturated carbocycles. The van der Waals surface area contributed by atoms with Crippen LogP contribution >= 0.6 is 0 Å². The summed E-state index contributed by atoms with van der Waals surface area (Å²) in [6.45, 7) is 4.17. The lowest BCUT2D eigenvalue weighted by Crippen LogP contribution is -3.15. The summed E-state index contributed by atoms with van der Waals surface area (Å²) < 4.78 is 9.85. The van der Waals surface area contributed by atoms with E-state index in [0.29, 0.717) is 19.6 Å². The van der Waals surface area contributed by atoms with Gasteiger partial charge < -0.3 is 9.47 Å². The van der Waals surface area contributed by atoms with Crippen molar-refractivity contribution in [3.05, 3.63) is 0 Å². The van der Waals surface area contributed by atoms with Crippen LogP contribution < -0.4 is 10.6 Å². The molecule has 0 spiro atoms. The molecule has 1 aliphatic rings. The minimum atomic E-state index is -0.580. The summed E-state index contributed by atoms with van der Waals surface area (Å²) in [5.41, 5.74) is 0. The molecule has 1 heterocycles. The smallest absolute Gasteiger partial charge is 0.317 e. The van der Waals surface area contributed by atoms with Gasteiger partial charge in [0.1, 0.15) is 12.5 Å². The van der Waals surface area contributed by atoms with E-state index >= 15 is 0 Å². The number of hydrogen-bond donors (Lipinski definition) is 2. The first kappa shape index (κ1) is 14.1. The Bertz CT molecular complexity index is 270. The van der Waals surface area contributed by atoms with Gasteiger partial charge in [-0.3, -0.25) is 20.2 Å². The molecule has 1 saturated heterocycles. The Labute approximate surface area is 101 Å². The fourth-order valence-electron chi connectivity index (χ4n) is 1.99. The zero-order chi connectivity index (χ0) is 12.7. The number of nitrogens with two attached hydrogens (primary N) is 2. The summed E-state index contributed by atoms with van der Waals surface area (Å²) in [7, 11) is 1.63. The van der Waals surface area contributed by atoms with Crippen molar-refractivity contribution in [1.82, 2.24) is 0 Å². The maximum absolute atomic E-state index is 12.0. The van der Waals surface area contributed by atoms with E-state index in [1.165, 1.54) is 0 Å². The Balaban J connectivity index is 2.47. The lowest BCUT2D eigenvalue weighted by molar-refractivity contribution is -0.889. The molecule has 17 heavy (non-hydrogen) atoms. The second kappa shape index (κ2) is 7.37. The van der Waals surface area contributed by atoms with E-state index in [2.05, 4.69) is 0 Å². The van der Waals surface area contributed by atoms with Gasteiger partial charge in [0.25, 0.3) is 11.9 Å². The van der Waals surface area contributed by atoms with E-state index in [1.54, 1.807) is 14.0 Å². The molecule has 4 N–H and O–H groups in total. The van der Waals surface area contributed by atoms with Crippen molar-refractivity contribution in [2.24, 2.45) is 5.92 Å². The predicted molar refractivity (Wildman–Crippen MR) is 59.0 cm³/mol. The average Bonchev–Trinajstić information content (AvgIpc) is 2.32. The highest BCUT2D eigenvalue weighted by molar-refractivity contribution is 6.00. The van der Waals surface area contributed by atoms with Crippen LogP contribution in [0.2, 0.25) is 0 Å². The quantitative estimate of drug-likeness (QED) is 0.302. The monoisotopic (exact) mass is 246 g/mol. The van der Waals surface area contributed by atoms with Crippen LogP contribution in [0.5, 0.6) is 0 Å². The van der Waals surface area contributed by atoms with Crippen molar-refractivity contribution in [2.45, 2.75) is 19.5 Å². The fourth-order valence-corrected chi connectivity index (χ4v) is 1.99. The Kier molecular flexibility index (Phi) is 6.10. The molecular weight excluding hydrogens is 224 g/mol. The van der Waals surface area contributed by atoms with Gasteiger partial charge in [0.2, 0.25) is 0 Å². The second-order valence-electron chi connectivity index (χ2n) is 4.06. The molecule has 0 aromatic heterocycles. The number of ether oxygens (including phenoxy) is 2. The number of piperidine rings is 1. The maximum atomic E-state index is 12.0. The molecule has 1 rings (SSSR count). The van der Waals surface area contributed by atoms with E-state index in [-0.39, 0.29) is 17.9 Å². The van der Waals surface area contributed by atoms with Crippen molar-refractivity contribution in [3.8, 4) is 0 Å². The van der Waals surface area contributed by atoms with Gasteiger partial charge in [-0.15, -0.1) is 0 Å². The van der Waals surface area contributed by atoms with E-state index in [9.17, 15) is 9.59 Å². The summed E-state index contributed by atoms with van der Waals surface area (Å²) in [5.74, 6) is -0.995. The number of Topliss-reactive ketones (excluding diaryl/α,β-unsaturated/α-hetero) is 1. The van der Waals surface area contributed by atoms with Gasteiger partial charge in [-0.2, -0.15) is 0 Å². The predicted octanol–water partition coefficient (Wildman–Crippen LogP) is -2.76. The summed E-state index contributed by atoms with van der Waals surface area (Å²) >= 11 is 0. The number of carbonyl (C=O) groups excluding carboxylic acids is 2. The second-order valence-corrected chi connectivity index (χ2v) is 4.06. The van der Waals surface area contributed by atoms with Crippen molar-refractivity contribution in [1.29, 1.82) is 0 Å². The van der Waals surface area contributed by atoms with Crippen molar-refractivity contribution < 1.29 is 29.7 Å². The molecule has 0 unspecified atom stereocenters. The van der Waals surface area contributed by atoms with Gasteiger partial charge in [-0.05, 0) is 6.92 Å². The highest BCUT2D eigenvalue weighted by atomic mass is 16.5. The van der Waals surface area contributed by atoms with Crippen LogP contribution in [-0.4, -0.2) is 51.3 Å². The van der Waals surface area contributed by atoms with Crippen LogP contribution in [0.15, 0.2) is 0 Å². The SMILES string of the molecule is CCOC(=O)[C@@H]1CC[NH2+][C@@H]([NH2+]CCOC)C1=O. The Morgan fingerprint density at radius 3 is 3.00 bits per heavy atom. The van der Waals surface area contributed by atoms with Gasteiger partial charge in [0.15, 0.2) is 0 Å². The van der Waals surface area contributed by atoms with Crippen molar-refractivity contribution >= 4 is 11.8 Å². The minimum Gasteiger partial charge on any atom is -0.465 e. The van der Waals surface area contributed by atoms with Crippen LogP contribution in [0, 0.1) is 5.92 Å². The first-order valence-electron chi connectivity index (χ1n) is 6.06. The standard InChI is InChI=1S/C11H20N2O4/c1-3-17-11(15)8-4-5-12-10(9(8)14)13-6-7-16-2/h8,10,12-13H,3-7H2,1-2H3/p+2/t8-,10+/m1/s1. The van der Waals surface area contributed by atoms with E-state index < -0.39 is 5.92 Å². The molecule has 1 aliphatic heterocycles. The van der Waals surface area contributed by atoms with Crippen LogP contribution in [0.3, 0.4) is 0 Å². The van der Waals surface area contributed by atoms with Gasteiger partial charge in [0, 0.05) is 13.5 Å². The summed E-state index contributed by atoms with van der Waals surface area (Å²) in [4.78, 5) is 23.6. The molecule has 6 heteroatoms. The molecule has 98 valence electrons. The lowest BCUT2D eigenvalue weighted by Gasteiger charge is -2.23. The number of methoxy groups -OCH3 is 1.